The van der Waals surface area contributed by atoms with Crippen LogP contribution in [0.25, 0.3) is 6.08 Å². The summed E-state index contributed by atoms with van der Waals surface area (Å²) in [4.78, 5) is 185. The van der Waals surface area contributed by atoms with Crippen LogP contribution >= 0.6 is 24.0 Å². The van der Waals surface area contributed by atoms with Gasteiger partial charge >= 0.3 is 37.0 Å². The third-order valence-corrected chi connectivity index (χ3v) is 18.1. The van der Waals surface area contributed by atoms with Crippen LogP contribution in [0.1, 0.15) is 118 Å². The summed E-state index contributed by atoms with van der Waals surface area (Å²) in [6.07, 6.45) is 2.60. The number of carboxylic acid groups (broad SMARTS) is 4. The van der Waals surface area contributed by atoms with Gasteiger partial charge in [0.15, 0.2) is 22.4 Å². The summed E-state index contributed by atoms with van der Waals surface area (Å²) in [5.41, 5.74) is 9.56. The number of imide groups is 1. The number of aryl methyl sites for hydroxylation is 2. The largest absolute Gasteiger partial charge is 0.737 e. The minimum atomic E-state index is -4.24. The number of Topliss-reactive ketones (excluding diaryl/α,β-unsaturated/α-hetero) is 3. The van der Waals surface area contributed by atoms with Crippen molar-refractivity contribution in [3.8, 4) is 0 Å². The average Bonchev–Trinajstić information content (AvgIpc) is 1.56. The highest BCUT2D eigenvalue weighted by molar-refractivity contribution is 8.00. The Morgan fingerprint density at radius 1 is 0.700 bits per heavy atom. The molecule has 6 rings (SSSR count). The second-order valence-corrected chi connectivity index (χ2v) is 25.7. The van der Waals surface area contributed by atoms with E-state index in [1.165, 1.54) is 6.08 Å². The fraction of sp³-hybridized carbons (Fsp3) is 0.455. The molecule has 100 heavy (non-hydrogen) atoms. The Balaban J connectivity index is 0.00000590. The summed E-state index contributed by atoms with van der Waals surface area (Å²) in [5.74, 6) is -14.4. The molecule has 1 aromatic heterocycles. The van der Waals surface area contributed by atoms with E-state index < -0.39 is 151 Å². The first-order valence-electron chi connectivity index (χ1n) is 32.1. The Morgan fingerprint density at radius 2 is 1.33 bits per heavy atom. The van der Waals surface area contributed by atoms with E-state index in [1.807, 2.05) is 0 Å². The average molecular weight is 1430 g/mol. The molecule has 29 nitrogen and oxygen atoms in total. The number of fused-ring (bicyclic) bond motifs is 2. The van der Waals surface area contributed by atoms with Crippen LogP contribution in [0.4, 0.5) is 8.63 Å². The van der Waals surface area contributed by atoms with Gasteiger partial charge in [0, 0.05) is 120 Å². The molecular weight excluding hydrogens is 1350 g/mol. The summed E-state index contributed by atoms with van der Waals surface area (Å²) >= 11 is 5.87. The van der Waals surface area contributed by atoms with Gasteiger partial charge in [-0.2, -0.15) is 9.59 Å². The highest BCUT2D eigenvalue weighted by Gasteiger charge is 2.52. The van der Waals surface area contributed by atoms with Crippen molar-refractivity contribution in [1.29, 1.82) is 0 Å². The van der Waals surface area contributed by atoms with Gasteiger partial charge in [0.2, 0.25) is 35.4 Å². The number of hydrogen-bond donors (Lipinski definition) is 11. The number of nitrogens with two attached hydrogens (primary N) is 1. The number of unbranched alkanes of at least 4 members (excludes halogenated alkanes) is 1. The molecule has 1 unspecified atom stereocenters. The van der Waals surface area contributed by atoms with Gasteiger partial charge in [-0.3, -0.25) is 62.4 Å². The minimum absolute atomic E-state index is 0.00670. The van der Waals surface area contributed by atoms with Crippen LogP contribution in [-0.4, -0.2) is 196 Å². The van der Waals surface area contributed by atoms with E-state index >= 15 is 8.63 Å². The van der Waals surface area contributed by atoms with Crippen LogP contribution in [0.5, 0.6) is 0 Å². The maximum Gasteiger partial charge on any atom is 0.737 e. The zero-order valence-electron chi connectivity index (χ0n) is 55.0. The van der Waals surface area contributed by atoms with E-state index in [1.54, 1.807) is 92.7 Å². The molecular formula is C66H81BF2N10O19S2. The molecule has 3 aliphatic rings. The quantitative estimate of drug-likeness (QED) is 0.0168. The summed E-state index contributed by atoms with van der Waals surface area (Å²) < 4.78 is 33.6. The van der Waals surface area contributed by atoms with Crippen molar-refractivity contribution in [2.24, 2.45) is 17.6 Å². The lowest BCUT2D eigenvalue weighted by molar-refractivity contribution is -0.362. The Morgan fingerprint density at radius 3 is 1.96 bits per heavy atom. The predicted molar refractivity (Wildman–Crippen MR) is 360 cm³/mol. The molecule has 0 bridgehead atoms. The monoisotopic (exact) mass is 1430 g/mol. The lowest BCUT2D eigenvalue weighted by Gasteiger charge is -2.30. The lowest BCUT2D eigenvalue weighted by atomic mass is 9.89. The highest BCUT2D eigenvalue weighted by Crippen LogP contribution is 2.35. The molecule has 0 radical (unpaired) electrons. The number of allylic oxidation sites excluding steroid dienone is 2. The number of rotatable bonds is 42. The van der Waals surface area contributed by atoms with Gasteiger partial charge in [0.25, 0.3) is 0 Å². The number of nitrogens with zero attached hydrogens (tertiary/aromatic N) is 3. The van der Waals surface area contributed by atoms with Gasteiger partial charge in [0.1, 0.15) is 23.6 Å². The molecule has 6 amide bonds. The molecule has 0 spiro atoms. The van der Waals surface area contributed by atoms with Gasteiger partial charge in [0.05, 0.1) is 29.7 Å². The van der Waals surface area contributed by atoms with Crippen molar-refractivity contribution in [3.05, 3.63) is 113 Å². The number of nitrogens with one attached hydrogen (secondary N) is 6. The van der Waals surface area contributed by atoms with E-state index in [9.17, 15) is 77.6 Å². The smallest absolute Gasteiger partial charge is 0.481 e. The Labute approximate surface area is 583 Å². The number of benzene rings is 2. The molecule has 4 heterocycles. The molecule has 34 heteroatoms. The number of carboxylic acids is 4. The number of thiocarbonyl (C=S) groups is 1. The number of likely N-dealkylation sites (tertiary alicyclic amines) is 1. The number of carbonyl (C=O) groups is 13. The maximum absolute atomic E-state index is 15.9. The minimum Gasteiger partial charge on any atom is -0.481 e. The number of amides is 6. The van der Waals surface area contributed by atoms with Gasteiger partial charge in [-0.1, -0.05) is 60.7 Å². The Kier molecular flexibility index (Phi) is 32.0. The molecule has 1 saturated heterocycles. The topological polar surface area (TPSA) is 446 Å². The number of thioether (sulfide) groups is 1. The highest BCUT2D eigenvalue weighted by atomic mass is 32.2. The fourth-order valence-electron chi connectivity index (χ4n) is 11.4. The van der Waals surface area contributed by atoms with Crippen LogP contribution in [-0.2, 0) is 84.8 Å². The standard InChI is InChI=1S/C65H81BF2N10O17S2.CO2/c1-38-28-39(2)77-51(38)33-45-20-19-44(78(45)66(77,67)68)21-24-55(82)70-26-27-76-57(84)35-54(62(76)91)97-37-43(63(92)93)32-53(81)50(34-59(87)88)74-61(90)47(69)36-72-60(89)42(29-40-12-5-3-6-13-40)31-52(80)49(30-41-14-7-4-8-15-41)73-56(83)17-10-9-16-46(79)22-23-48(64(94)95)75-65(96)71-25-11-18-58(85)86;2-1-3/h3-8,12-15,19-20,28,33,42-43,47-50,54H,9-11,16-18,21-27,29-32,34-37,69H2,1-2H3,(H,70,82)(H,72,89)(H,73,83)(H,74,90)(H,85,86)(H,87,88)(H,92,93)(H,94,95)(H2,71,75,96);/t42-,43+,47+,48+,49+,50+,54?;/m1./s1. The molecule has 0 saturated carbocycles. The lowest BCUT2D eigenvalue weighted by Crippen LogP contribution is -2.53. The first kappa shape index (κ1) is 80.8. The Bertz CT molecular complexity index is 3680. The van der Waals surface area contributed by atoms with Crippen molar-refractivity contribution >= 4 is 131 Å². The first-order valence-corrected chi connectivity index (χ1v) is 33.6. The van der Waals surface area contributed by atoms with E-state index in [2.05, 4.69) is 31.9 Å². The van der Waals surface area contributed by atoms with E-state index in [0.717, 1.165) is 25.6 Å². The van der Waals surface area contributed by atoms with Crippen molar-refractivity contribution < 1.29 is 105 Å². The molecule has 3 aliphatic heterocycles. The summed E-state index contributed by atoms with van der Waals surface area (Å²) in [5, 5.41) is 52.7. The summed E-state index contributed by atoms with van der Waals surface area (Å²) in [6.45, 7) is -1.71. The molecule has 1 fully saturated rings. The number of aliphatic carboxylic acids is 4. The summed E-state index contributed by atoms with van der Waals surface area (Å²) in [6, 6.07) is 13.3. The predicted octanol–water partition coefficient (Wildman–Crippen LogP) is 2.18. The molecule has 538 valence electrons. The van der Waals surface area contributed by atoms with Gasteiger partial charge in [-0.25, -0.2) is 4.79 Å². The molecule has 7 atom stereocenters. The van der Waals surface area contributed by atoms with Gasteiger partial charge < -0.3 is 75.7 Å². The zero-order valence-corrected chi connectivity index (χ0v) is 56.6. The van der Waals surface area contributed by atoms with Crippen molar-refractivity contribution in [2.45, 2.75) is 146 Å². The molecule has 2 aromatic carbocycles. The van der Waals surface area contributed by atoms with Crippen LogP contribution in [0, 0.1) is 25.7 Å². The summed E-state index contributed by atoms with van der Waals surface area (Å²) in [7, 11) is 0. The van der Waals surface area contributed by atoms with Crippen molar-refractivity contribution in [2.75, 3.05) is 31.9 Å². The fourth-order valence-corrected chi connectivity index (χ4v) is 12.9. The van der Waals surface area contributed by atoms with Crippen LogP contribution < -0.4 is 37.6 Å². The number of halogens is 2. The SMILES string of the molecule is Cc1cc(C)n2c1C=C1C=CC(CCC(=O)NCCN3C(=O)CC(SC[C@H](CC(=O)[C@H](CC(=O)O)NC(=O)[C@@H](N)CNC(=O)[C@@H](CC(=O)[C@H](Cc4ccccc4)NC(=O)CCCCC(=O)CC[C@H](NC(=S)NCCCC(=O)O)C(=O)O)Cc4ccccc4)C(=O)O)C3=O)=[N+]1[B-]2(F)F.O=C=O. The van der Waals surface area contributed by atoms with Crippen molar-refractivity contribution in [1.82, 2.24) is 41.3 Å². The van der Waals surface area contributed by atoms with Crippen molar-refractivity contribution in [3.63, 3.8) is 0 Å². The molecule has 12 N–H and O–H groups in total. The third-order valence-electron chi connectivity index (χ3n) is 16.5. The normalized spacial score (nSPS) is 15.9. The number of carbonyl (C=O) groups excluding carboxylic acids is 11. The van der Waals surface area contributed by atoms with Crippen LogP contribution in [0.2, 0.25) is 0 Å². The van der Waals surface area contributed by atoms with E-state index in [4.69, 9.17) is 32.6 Å². The zero-order chi connectivity index (χ0) is 73.8. The molecule has 3 aromatic rings. The first-order chi connectivity index (χ1) is 47.4. The van der Waals surface area contributed by atoms with Gasteiger partial charge in [-0.15, -0.1) is 11.8 Å². The Hall–Kier alpha value is -9.92. The van der Waals surface area contributed by atoms with Crippen LogP contribution in [0.15, 0.2) is 84.6 Å². The molecule has 0 aliphatic carbocycles. The number of hydrogen-bond acceptors (Lipinski definition) is 18. The van der Waals surface area contributed by atoms with E-state index in [-0.39, 0.29) is 126 Å². The maximum atomic E-state index is 15.9. The third kappa shape index (κ3) is 25.1. The van der Waals surface area contributed by atoms with Crippen LogP contribution in [0.3, 0.4) is 0 Å². The number of aromatic nitrogens is 1. The number of ketones is 3. The second-order valence-electron chi connectivity index (χ2n) is 24.1. The second kappa shape index (κ2) is 39.6. The van der Waals surface area contributed by atoms with E-state index in [0.29, 0.717) is 33.8 Å². The van der Waals surface area contributed by atoms with Gasteiger partial charge in [-0.05, 0) is 93.0 Å².